The summed E-state index contributed by atoms with van der Waals surface area (Å²) in [5.74, 6) is -0.0519. The van der Waals surface area contributed by atoms with Crippen molar-refractivity contribution in [2.24, 2.45) is 5.92 Å². The molecule has 174 valence electrons. The molecule has 0 radical (unpaired) electrons. The fraction of sp³-hybridized carbons (Fsp3) is 0.435. The van der Waals surface area contributed by atoms with E-state index in [1.165, 1.54) is 16.4 Å². The van der Waals surface area contributed by atoms with Crippen molar-refractivity contribution in [3.63, 3.8) is 0 Å². The number of carbonyl (C=O) groups is 1. The van der Waals surface area contributed by atoms with E-state index in [9.17, 15) is 17.6 Å². The first kappa shape index (κ1) is 24.2. The van der Waals surface area contributed by atoms with E-state index in [0.29, 0.717) is 19.4 Å². The lowest BCUT2D eigenvalue weighted by atomic mass is 9.97. The van der Waals surface area contributed by atoms with E-state index in [4.69, 9.17) is 4.74 Å². The summed E-state index contributed by atoms with van der Waals surface area (Å²) in [5, 5.41) is 3.03. The molecule has 1 heterocycles. The van der Waals surface area contributed by atoms with Gasteiger partial charge in [-0.2, -0.15) is 4.31 Å². The Hall–Kier alpha value is -2.49. The van der Waals surface area contributed by atoms with Crippen LogP contribution in [0.2, 0.25) is 0 Å². The average Bonchev–Trinajstić information content (AvgIpc) is 2.79. The summed E-state index contributed by atoms with van der Waals surface area (Å²) in [4.78, 5) is 14.9. The highest BCUT2D eigenvalue weighted by Crippen LogP contribution is 2.28. The fourth-order valence-corrected chi connectivity index (χ4v) is 5.44. The molecular formula is C23H30FN3O4S. The Bertz CT molecular complexity index is 1020. The Morgan fingerprint density at radius 2 is 1.78 bits per heavy atom. The van der Waals surface area contributed by atoms with Gasteiger partial charge in [0.25, 0.3) is 0 Å². The maximum absolute atomic E-state index is 13.1. The second-order valence-electron chi connectivity index (χ2n) is 8.10. The summed E-state index contributed by atoms with van der Waals surface area (Å²) in [6.45, 7) is 0.920. The maximum atomic E-state index is 13.1. The van der Waals surface area contributed by atoms with Gasteiger partial charge in [0.2, 0.25) is 15.9 Å². The minimum absolute atomic E-state index is 0.0611. The van der Waals surface area contributed by atoms with Crippen LogP contribution in [0.3, 0.4) is 0 Å². The third-order valence-corrected chi connectivity index (χ3v) is 7.78. The molecule has 0 bridgehead atoms. The van der Waals surface area contributed by atoms with Crippen LogP contribution in [-0.2, 0) is 14.8 Å². The predicted octanol–water partition coefficient (Wildman–Crippen LogP) is 2.65. The van der Waals surface area contributed by atoms with E-state index in [1.54, 1.807) is 7.11 Å². The molecule has 1 unspecified atom stereocenters. The number of methoxy groups -OCH3 is 1. The monoisotopic (exact) mass is 463 g/mol. The molecule has 9 heteroatoms. The molecule has 2 aromatic rings. The number of nitrogens with one attached hydrogen (secondary N) is 1. The van der Waals surface area contributed by atoms with Gasteiger partial charge in [-0.3, -0.25) is 4.79 Å². The Balaban J connectivity index is 1.58. The quantitative estimate of drug-likeness (QED) is 0.651. The number of hydrogen-bond acceptors (Lipinski definition) is 5. The zero-order valence-electron chi connectivity index (χ0n) is 18.6. The van der Waals surface area contributed by atoms with Crippen molar-refractivity contribution >= 4 is 15.9 Å². The number of nitrogens with zero attached hydrogens (tertiary/aromatic N) is 2. The lowest BCUT2D eigenvalue weighted by Gasteiger charge is -2.31. The molecule has 1 atom stereocenters. The van der Waals surface area contributed by atoms with Crippen LogP contribution in [0.25, 0.3) is 0 Å². The van der Waals surface area contributed by atoms with Gasteiger partial charge in [0.1, 0.15) is 11.6 Å². The minimum Gasteiger partial charge on any atom is -0.496 e. The molecule has 1 N–H and O–H groups in total. The number of para-hydroxylation sites is 1. The van der Waals surface area contributed by atoms with Crippen LogP contribution in [0.5, 0.6) is 5.75 Å². The van der Waals surface area contributed by atoms with E-state index in [-0.39, 0.29) is 35.9 Å². The number of piperidine rings is 1. The van der Waals surface area contributed by atoms with E-state index in [0.717, 1.165) is 23.4 Å². The fourth-order valence-electron chi connectivity index (χ4n) is 3.97. The van der Waals surface area contributed by atoms with Gasteiger partial charge in [-0.1, -0.05) is 18.2 Å². The van der Waals surface area contributed by atoms with Crippen molar-refractivity contribution in [2.75, 3.05) is 40.8 Å². The van der Waals surface area contributed by atoms with Crippen LogP contribution in [-0.4, -0.2) is 64.4 Å². The maximum Gasteiger partial charge on any atom is 0.243 e. The summed E-state index contributed by atoms with van der Waals surface area (Å²) >= 11 is 0. The Morgan fingerprint density at radius 3 is 2.38 bits per heavy atom. The molecule has 3 rings (SSSR count). The highest BCUT2D eigenvalue weighted by Gasteiger charge is 2.32. The van der Waals surface area contributed by atoms with Gasteiger partial charge in [-0.25, -0.2) is 12.8 Å². The van der Waals surface area contributed by atoms with Crippen LogP contribution in [0.4, 0.5) is 4.39 Å². The number of amides is 1. The molecule has 1 aliphatic heterocycles. The lowest BCUT2D eigenvalue weighted by Crippen LogP contribution is -2.44. The number of carbonyl (C=O) groups excluding carboxylic acids is 1. The van der Waals surface area contributed by atoms with Crippen molar-refractivity contribution in [3.8, 4) is 5.75 Å². The van der Waals surface area contributed by atoms with E-state index in [1.807, 2.05) is 43.3 Å². The third-order valence-electron chi connectivity index (χ3n) is 5.87. The zero-order chi connectivity index (χ0) is 23.3. The molecule has 1 fully saturated rings. The Morgan fingerprint density at radius 1 is 1.16 bits per heavy atom. The van der Waals surface area contributed by atoms with Gasteiger partial charge in [-0.05, 0) is 57.3 Å². The van der Waals surface area contributed by atoms with Crippen molar-refractivity contribution in [3.05, 3.63) is 59.9 Å². The summed E-state index contributed by atoms with van der Waals surface area (Å²) in [6, 6.07) is 12.5. The molecule has 1 aliphatic rings. The second kappa shape index (κ2) is 10.4. The molecule has 32 heavy (non-hydrogen) atoms. The van der Waals surface area contributed by atoms with Gasteiger partial charge >= 0.3 is 0 Å². The van der Waals surface area contributed by atoms with E-state index < -0.39 is 15.8 Å². The van der Waals surface area contributed by atoms with Gasteiger partial charge in [0, 0.05) is 31.1 Å². The molecule has 0 aliphatic carbocycles. The van der Waals surface area contributed by atoms with Crippen molar-refractivity contribution in [1.82, 2.24) is 14.5 Å². The van der Waals surface area contributed by atoms with E-state index in [2.05, 4.69) is 5.32 Å². The molecule has 0 spiro atoms. The SMILES string of the molecule is COc1ccccc1C(CNC(=O)C1CCN(S(=O)(=O)c2ccc(F)cc2)CC1)N(C)C. The molecule has 0 aromatic heterocycles. The van der Waals surface area contributed by atoms with Gasteiger partial charge in [0.05, 0.1) is 18.0 Å². The van der Waals surface area contributed by atoms with Gasteiger partial charge < -0.3 is 15.0 Å². The van der Waals surface area contributed by atoms with Gasteiger partial charge in [-0.15, -0.1) is 0 Å². The highest BCUT2D eigenvalue weighted by atomic mass is 32.2. The first-order valence-corrected chi connectivity index (χ1v) is 12.0. The summed E-state index contributed by atoms with van der Waals surface area (Å²) in [7, 11) is 1.82. The molecule has 1 amide bonds. The number of ether oxygens (including phenoxy) is 1. The summed E-state index contributed by atoms with van der Waals surface area (Å²) in [6.07, 6.45) is 0.876. The summed E-state index contributed by atoms with van der Waals surface area (Å²) in [5.41, 5.74) is 0.987. The Labute approximate surface area is 189 Å². The minimum atomic E-state index is -3.69. The lowest BCUT2D eigenvalue weighted by molar-refractivity contribution is -0.126. The molecule has 7 nitrogen and oxygen atoms in total. The Kier molecular flexibility index (Phi) is 7.86. The number of benzene rings is 2. The zero-order valence-corrected chi connectivity index (χ0v) is 19.4. The number of halogens is 1. The smallest absolute Gasteiger partial charge is 0.243 e. The number of hydrogen-bond donors (Lipinski definition) is 1. The first-order valence-electron chi connectivity index (χ1n) is 10.6. The van der Waals surface area contributed by atoms with Crippen molar-refractivity contribution in [1.29, 1.82) is 0 Å². The van der Waals surface area contributed by atoms with Crippen molar-refractivity contribution < 1.29 is 22.3 Å². The third kappa shape index (κ3) is 5.46. The highest BCUT2D eigenvalue weighted by molar-refractivity contribution is 7.89. The number of likely N-dealkylation sites (N-methyl/N-ethyl adjacent to an activating group) is 1. The second-order valence-corrected chi connectivity index (χ2v) is 10.0. The topological polar surface area (TPSA) is 79.0 Å². The van der Waals surface area contributed by atoms with Crippen LogP contribution in [0, 0.1) is 11.7 Å². The predicted molar refractivity (Wildman–Crippen MR) is 120 cm³/mol. The largest absolute Gasteiger partial charge is 0.496 e. The average molecular weight is 464 g/mol. The molecule has 2 aromatic carbocycles. The normalized spacial score (nSPS) is 16.7. The molecular weight excluding hydrogens is 433 g/mol. The van der Waals surface area contributed by atoms with Crippen LogP contribution in [0.1, 0.15) is 24.4 Å². The first-order chi connectivity index (χ1) is 15.2. The number of rotatable bonds is 8. The molecule has 0 saturated carbocycles. The van der Waals surface area contributed by atoms with Gasteiger partial charge in [0.15, 0.2) is 0 Å². The number of sulfonamides is 1. The van der Waals surface area contributed by atoms with Crippen LogP contribution in [0.15, 0.2) is 53.4 Å². The van der Waals surface area contributed by atoms with E-state index >= 15 is 0 Å². The van der Waals surface area contributed by atoms with Crippen LogP contribution >= 0.6 is 0 Å². The van der Waals surface area contributed by atoms with Crippen LogP contribution < -0.4 is 10.1 Å². The molecule has 1 saturated heterocycles. The van der Waals surface area contributed by atoms with Crippen molar-refractivity contribution in [2.45, 2.75) is 23.8 Å². The standard InChI is InChI=1S/C23H30FN3O4S/c1-26(2)21(20-6-4-5-7-22(20)31-3)16-25-23(28)17-12-14-27(15-13-17)32(29,30)19-10-8-18(24)9-11-19/h4-11,17,21H,12-16H2,1-3H3,(H,25,28). The summed E-state index contributed by atoms with van der Waals surface area (Å²) < 4.78 is 45.5.